The molecule has 1 saturated carbocycles. The van der Waals surface area contributed by atoms with E-state index in [-0.39, 0.29) is 0 Å². The molecule has 1 aliphatic carbocycles. The molecule has 3 N–H and O–H groups in total. The summed E-state index contributed by atoms with van der Waals surface area (Å²) in [7, 11) is 0. The number of nitrogens with zero attached hydrogens (tertiary/aromatic N) is 2. The number of halogens is 1. The number of hydrogen-bond donors (Lipinski definition) is 3. The lowest BCUT2D eigenvalue weighted by Gasteiger charge is -2.23. The molecular formula is C17H23ClN4O2. The molecule has 2 heterocycles. The topological polar surface area (TPSA) is 77.5 Å². The standard InChI is InChI=1S/C17H23ClN4O2/c18-15-9-12(5-6-16(23)21-24)10-19-17(15)20-13-7-8-22(11-13)14-3-1-2-4-14/h5-6,9-10,13-14,24H,1-4,7-8,11H2,(H,19,20)(H,21,23)/b6-5+/t13-/m1/s1. The lowest BCUT2D eigenvalue weighted by molar-refractivity contribution is -0.124. The molecule has 1 amide bonds. The number of aromatic nitrogens is 1. The molecule has 6 nitrogen and oxygen atoms in total. The number of pyridine rings is 1. The number of anilines is 1. The van der Waals surface area contributed by atoms with Crippen LogP contribution in [0.2, 0.25) is 5.02 Å². The third kappa shape index (κ3) is 4.26. The van der Waals surface area contributed by atoms with Crippen molar-refractivity contribution in [3.63, 3.8) is 0 Å². The highest BCUT2D eigenvalue weighted by atomic mass is 35.5. The molecule has 0 bridgehead atoms. The predicted octanol–water partition coefficient (Wildman–Crippen LogP) is 2.68. The lowest BCUT2D eigenvalue weighted by Crippen LogP contribution is -2.33. The maximum atomic E-state index is 11.0. The Kier molecular flexibility index (Phi) is 5.71. The lowest BCUT2D eigenvalue weighted by atomic mass is 10.2. The van der Waals surface area contributed by atoms with Gasteiger partial charge in [-0.05, 0) is 37.0 Å². The van der Waals surface area contributed by atoms with E-state index in [4.69, 9.17) is 16.8 Å². The Morgan fingerprint density at radius 3 is 2.88 bits per heavy atom. The van der Waals surface area contributed by atoms with Gasteiger partial charge in [0.1, 0.15) is 5.82 Å². The van der Waals surface area contributed by atoms with Crippen molar-refractivity contribution in [3.8, 4) is 0 Å². The van der Waals surface area contributed by atoms with Gasteiger partial charge < -0.3 is 5.32 Å². The first-order chi connectivity index (χ1) is 11.7. The molecule has 130 valence electrons. The van der Waals surface area contributed by atoms with E-state index in [1.54, 1.807) is 23.8 Å². The molecule has 0 spiro atoms. The summed E-state index contributed by atoms with van der Waals surface area (Å²) in [5.74, 6) is 0.0879. The Labute approximate surface area is 146 Å². The summed E-state index contributed by atoms with van der Waals surface area (Å²) >= 11 is 6.30. The van der Waals surface area contributed by atoms with Gasteiger partial charge in [0.05, 0.1) is 5.02 Å². The van der Waals surface area contributed by atoms with Crippen LogP contribution in [-0.4, -0.2) is 46.2 Å². The summed E-state index contributed by atoms with van der Waals surface area (Å²) in [5.41, 5.74) is 2.24. The van der Waals surface area contributed by atoms with Gasteiger partial charge in [-0.3, -0.25) is 14.9 Å². The van der Waals surface area contributed by atoms with Crippen LogP contribution < -0.4 is 10.8 Å². The number of hydrogen-bond acceptors (Lipinski definition) is 5. The molecule has 3 rings (SSSR count). The van der Waals surface area contributed by atoms with Crippen molar-refractivity contribution in [2.24, 2.45) is 0 Å². The normalized spacial score (nSPS) is 22.3. The summed E-state index contributed by atoms with van der Waals surface area (Å²) < 4.78 is 0. The van der Waals surface area contributed by atoms with Crippen LogP contribution in [0.25, 0.3) is 6.08 Å². The summed E-state index contributed by atoms with van der Waals surface area (Å²) in [6, 6.07) is 2.88. The van der Waals surface area contributed by atoms with Gasteiger partial charge in [-0.1, -0.05) is 24.4 Å². The van der Waals surface area contributed by atoms with Crippen molar-refractivity contribution in [2.75, 3.05) is 18.4 Å². The quantitative estimate of drug-likeness (QED) is 0.432. The fraction of sp³-hybridized carbons (Fsp3) is 0.529. The number of hydroxylamine groups is 1. The molecule has 7 heteroatoms. The van der Waals surface area contributed by atoms with Crippen molar-refractivity contribution in [1.29, 1.82) is 0 Å². The Hall–Kier alpha value is -1.63. The first-order valence-corrected chi connectivity index (χ1v) is 8.82. The van der Waals surface area contributed by atoms with E-state index in [0.717, 1.165) is 25.6 Å². The van der Waals surface area contributed by atoms with Crippen molar-refractivity contribution < 1.29 is 10.0 Å². The minimum Gasteiger partial charge on any atom is -0.365 e. The molecule has 1 aliphatic heterocycles. The zero-order valence-corrected chi connectivity index (χ0v) is 14.3. The molecular weight excluding hydrogens is 328 g/mol. The van der Waals surface area contributed by atoms with E-state index in [0.29, 0.717) is 22.4 Å². The SMILES string of the molecule is O=C(/C=C/c1cnc(N[C@@H]2CCN(C3CCCC3)C2)c(Cl)c1)NO. The van der Waals surface area contributed by atoms with E-state index in [2.05, 4.69) is 15.2 Å². The molecule has 1 saturated heterocycles. The van der Waals surface area contributed by atoms with Gasteiger partial charge in [-0.2, -0.15) is 0 Å². The average molecular weight is 351 g/mol. The summed E-state index contributed by atoms with van der Waals surface area (Å²) in [4.78, 5) is 17.9. The fourth-order valence-corrected chi connectivity index (χ4v) is 3.79. The maximum Gasteiger partial charge on any atom is 0.267 e. The number of amides is 1. The molecule has 2 aliphatic rings. The Morgan fingerprint density at radius 1 is 1.38 bits per heavy atom. The van der Waals surface area contributed by atoms with E-state index in [9.17, 15) is 4.79 Å². The Morgan fingerprint density at radius 2 is 2.17 bits per heavy atom. The van der Waals surface area contributed by atoms with Crippen molar-refractivity contribution in [2.45, 2.75) is 44.2 Å². The summed E-state index contributed by atoms with van der Waals surface area (Å²) in [5, 5.41) is 12.4. The third-order valence-corrected chi connectivity index (χ3v) is 5.09. The second kappa shape index (κ2) is 7.96. The molecule has 1 aromatic rings. The van der Waals surface area contributed by atoms with Crippen molar-refractivity contribution in [3.05, 3.63) is 28.9 Å². The van der Waals surface area contributed by atoms with E-state index in [1.165, 1.54) is 31.8 Å². The van der Waals surface area contributed by atoms with E-state index in [1.807, 2.05) is 0 Å². The number of nitrogens with one attached hydrogen (secondary N) is 2. The number of carbonyl (C=O) groups excluding carboxylic acids is 1. The molecule has 2 fully saturated rings. The first kappa shape index (κ1) is 17.2. The molecule has 0 radical (unpaired) electrons. The second-order valence-corrected chi connectivity index (χ2v) is 6.88. The minimum atomic E-state index is -0.591. The maximum absolute atomic E-state index is 11.0. The summed E-state index contributed by atoms with van der Waals surface area (Å²) in [6.45, 7) is 2.18. The van der Waals surface area contributed by atoms with Crippen LogP contribution in [0.15, 0.2) is 18.3 Å². The van der Waals surface area contributed by atoms with Crippen LogP contribution >= 0.6 is 11.6 Å². The molecule has 0 unspecified atom stereocenters. The van der Waals surface area contributed by atoms with Crippen LogP contribution in [0.5, 0.6) is 0 Å². The zero-order valence-electron chi connectivity index (χ0n) is 13.5. The van der Waals surface area contributed by atoms with Gasteiger partial charge in [-0.25, -0.2) is 10.5 Å². The predicted molar refractivity (Wildman–Crippen MR) is 94.1 cm³/mol. The van der Waals surface area contributed by atoms with Crippen LogP contribution in [0.4, 0.5) is 5.82 Å². The van der Waals surface area contributed by atoms with Crippen LogP contribution in [0, 0.1) is 0 Å². The van der Waals surface area contributed by atoms with Gasteiger partial charge in [-0.15, -0.1) is 0 Å². The number of likely N-dealkylation sites (tertiary alicyclic amines) is 1. The molecule has 1 atom stereocenters. The highest BCUT2D eigenvalue weighted by molar-refractivity contribution is 6.33. The monoisotopic (exact) mass is 350 g/mol. The Balaban J connectivity index is 1.57. The second-order valence-electron chi connectivity index (χ2n) is 6.47. The average Bonchev–Trinajstić information content (AvgIpc) is 3.26. The van der Waals surface area contributed by atoms with Crippen molar-refractivity contribution in [1.82, 2.24) is 15.4 Å². The van der Waals surface area contributed by atoms with E-state index < -0.39 is 5.91 Å². The minimum absolute atomic E-state index is 0.372. The zero-order chi connectivity index (χ0) is 16.9. The van der Waals surface area contributed by atoms with Gasteiger partial charge in [0.2, 0.25) is 0 Å². The van der Waals surface area contributed by atoms with Gasteiger partial charge in [0, 0.05) is 37.4 Å². The van der Waals surface area contributed by atoms with Crippen LogP contribution in [-0.2, 0) is 4.79 Å². The molecule has 0 aromatic carbocycles. The van der Waals surface area contributed by atoms with Gasteiger partial charge in [0.15, 0.2) is 0 Å². The van der Waals surface area contributed by atoms with Gasteiger partial charge >= 0.3 is 0 Å². The highest BCUT2D eigenvalue weighted by Crippen LogP contribution is 2.28. The fourth-order valence-electron chi connectivity index (χ4n) is 3.56. The summed E-state index contributed by atoms with van der Waals surface area (Å²) in [6.07, 6.45) is 10.9. The first-order valence-electron chi connectivity index (χ1n) is 8.44. The van der Waals surface area contributed by atoms with Crippen LogP contribution in [0.3, 0.4) is 0 Å². The third-order valence-electron chi connectivity index (χ3n) is 4.80. The smallest absolute Gasteiger partial charge is 0.267 e. The highest BCUT2D eigenvalue weighted by Gasteiger charge is 2.30. The number of carbonyl (C=O) groups is 1. The van der Waals surface area contributed by atoms with Crippen LogP contribution in [0.1, 0.15) is 37.7 Å². The molecule has 1 aromatic heterocycles. The Bertz CT molecular complexity index is 617. The van der Waals surface area contributed by atoms with Gasteiger partial charge in [0.25, 0.3) is 5.91 Å². The van der Waals surface area contributed by atoms with E-state index >= 15 is 0 Å². The molecule has 24 heavy (non-hydrogen) atoms. The van der Waals surface area contributed by atoms with Crippen molar-refractivity contribution >= 4 is 29.4 Å². The largest absolute Gasteiger partial charge is 0.365 e. The number of rotatable bonds is 5.